The van der Waals surface area contributed by atoms with Crippen LogP contribution in [-0.4, -0.2) is 53.6 Å². The Labute approximate surface area is 127 Å². The quantitative estimate of drug-likeness (QED) is 0.787. The van der Waals surface area contributed by atoms with Gasteiger partial charge in [-0.05, 0) is 52.4 Å². The van der Waals surface area contributed by atoms with Crippen LogP contribution in [0.15, 0.2) is 0 Å². The van der Waals surface area contributed by atoms with Crippen LogP contribution in [0, 0.1) is 5.92 Å². The first-order valence-corrected chi connectivity index (χ1v) is 8.11. The fourth-order valence-electron chi connectivity index (χ4n) is 2.99. The van der Waals surface area contributed by atoms with Crippen LogP contribution in [-0.2, 0) is 9.53 Å². The Hall–Kier alpha value is -1.26. The Morgan fingerprint density at radius 3 is 2.43 bits per heavy atom. The molecule has 0 aliphatic carbocycles. The summed E-state index contributed by atoms with van der Waals surface area (Å²) in [6.07, 6.45) is 4.58. The minimum Gasteiger partial charge on any atom is -0.444 e. The van der Waals surface area contributed by atoms with Crippen LogP contribution >= 0.6 is 0 Å². The van der Waals surface area contributed by atoms with Crippen LogP contribution in [0.3, 0.4) is 0 Å². The molecule has 0 bridgehead atoms. The maximum Gasteiger partial charge on any atom is 0.410 e. The number of hydrogen-bond acceptors (Lipinski definition) is 3. The summed E-state index contributed by atoms with van der Waals surface area (Å²) >= 11 is 0. The van der Waals surface area contributed by atoms with Crippen LogP contribution in [0.25, 0.3) is 0 Å². The average molecular weight is 296 g/mol. The van der Waals surface area contributed by atoms with Crippen LogP contribution in [0.5, 0.6) is 0 Å². The molecule has 0 aromatic carbocycles. The van der Waals surface area contributed by atoms with E-state index in [1.165, 1.54) is 0 Å². The Bertz CT molecular complexity index is 381. The number of piperidine rings is 2. The smallest absolute Gasteiger partial charge is 0.410 e. The number of likely N-dealkylation sites (tertiary alicyclic amines) is 2. The first-order valence-electron chi connectivity index (χ1n) is 8.11. The lowest BCUT2D eigenvalue weighted by Gasteiger charge is -2.36. The van der Waals surface area contributed by atoms with E-state index < -0.39 is 5.60 Å². The number of ether oxygens (including phenoxy) is 1. The average Bonchev–Trinajstić information content (AvgIpc) is 2.40. The molecule has 2 saturated heterocycles. The number of nitrogens with zero attached hydrogens (tertiary/aromatic N) is 2. The van der Waals surface area contributed by atoms with E-state index in [1.807, 2.05) is 25.7 Å². The Balaban J connectivity index is 1.75. The Morgan fingerprint density at radius 2 is 1.86 bits per heavy atom. The molecule has 0 aromatic rings. The van der Waals surface area contributed by atoms with Gasteiger partial charge in [-0.1, -0.05) is 0 Å². The van der Waals surface area contributed by atoms with Gasteiger partial charge in [0.25, 0.3) is 0 Å². The van der Waals surface area contributed by atoms with Crippen molar-refractivity contribution in [2.45, 2.75) is 58.5 Å². The normalized spacial score (nSPS) is 21.6. The van der Waals surface area contributed by atoms with Gasteiger partial charge in [0.2, 0.25) is 5.91 Å². The molecule has 2 aliphatic heterocycles. The van der Waals surface area contributed by atoms with Gasteiger partial charge in [0, 0.05) is 32.6 Å². The molecule has 0 aromatic heterocycles. The van der Waals surface area contributed by atoms with Crippen LogP contribution in [0.2, 0.25) is 0 Å². The molecule has 2 amide bonds. The van der Waals surface area contributed by atoms with Gasteiger partial charge in [-0.25, -0.2) is 4.79 Å². The highest BCUT2D eigenvalue weighted by Crippen LogP contribution is 2.22. The van der Waals surface area contributed by atoms with E-state index in [4.69, 9.17) is 4.74 Å². The van der Waals surface area contributed by atoms with Crippen molar-refractivity contribution >= 4 is 12.0 Å². The standard InChI is InChI=1S/C16H28N2O3/c1-16(2,3)21-15(20)17-10-7-13(8-11-17)12-18-9-5-4-6-14(18)19/h13H,4-12H2,1-3H3. The molecule has 0 atom stereocenters. The third-order valence-electron chi connectivity index (χ3n) is 4.17. The lowest BCUT2D eigenvalue weighted by Crippen LogP contribution is -2.45. The molecule has 21 heavy (non-hydrogen) atoms. The van der Waals surface area contributed by atoms with Gasteiger partial charge in [-0.2, -0.15) is 0 Å². The van der Waals surface area contributed by atoms with E-state index in [0.717, 1.165) is 51.9 Å². The van der Waals surface area contributed by atoms with Crippen molar-refractivity contribution in [3.8, 4) is 0 Å². The lowest BCUT2D eigenvalue weighted by atomic mass is 9.95. The predicted molar refractivity (Wildman–Crippen MR) is 81.0 cm³/mol. The molecule has 0 spiro atoms. The fraction of sp³-hybridized carbons (Fsp3) is 0.875. The molecule has 5 heteroatoms. The van der Waals surface area contributed by atoms with Crippen LogP contribution in [0.4, 0.5) is 4.79 Å². The molecule has 0 N–H and O–H groups in total. The molecule has 2 rings (SSSR count). The highest BCUT2D eigenvalue weighted by molar-refractivity contribution is 5.76. The molecule has 5 nitrogen and oxygen atoms in total. The predicted octanol–water partition coefficient (Wildman–Crippen LogP) is 2.65. The maximum atomic E-state index is 12.0. The number of carbonyl (C=O) groups is 2. The third-order valence-corrected chi connectivity index (χ3v) is 4.17. The van der Waals surface area contributed by atoms with Crippen molar-refractivity contribution in [3.05, 3.63) is 0 Å². The van der Waals surface area contributed by atoms with Crippen molar-refractivity contribution in [2.24, 2.45) is 5.92 Å². The molecule has 0 saturated carbocycles. The van der Waals surface area contributed by atoms with Crippen molar-refractivity contribution in [2.75, 3.05) is 26.2 Å². The van der Waals surface area contributed by atoms with Gasteiger partial charge in [0.15, 0.2) is 0 Å². The van der Waals surface area contributed by atoms with E-state index in [0.29, 0.717) is 18.2 Å². The lowest BCUT2D eigenvalue weighted by molar-refractivity contribution is -0.134. The molecule has 2 heterocycles. The first-order chi connectivity index (χ1) is 9.85. The minimum atomic E-state index is -0.436. The zero-order valence-electron chi connectivity index (χ0n) is 13.6. The summed E-state index contributed by atoms with van der Waals surface area (Å²) in [6, 6.07) is 0. The fourth-order valence-corrected chi connectivity index (χ4v) is 2.99. The maximum absolute atomic E-state index is 12.0. The second-order valence-electron chi connectivity index (χ2n) is 7.21. The summed E-state index contributed by atoms with van der Waals surface area (Å²) in [6.45, 7) is 8.91. The number of hydrogen-bond donors (Lipinski definition) is 0. The first kappa shape index (κ1) is 16.1. The van der Waals surface area contributed by atoms with Crippen molar-refractivity contribution < 1.29 is 14.3 Å². The van der Waals surface area contributed by atoms with E-state index in [1.54, 1.807) is 4.90 Å². The van der Waals surface area contributed by atoms with Crippen molar-refractivity contribution in [1.82, 2.24) is 9.80 Å². The minimum absolute atomic E-state index is 0.213. The monoisotopic (exact) mass is 296 g/mol. The van der Waals surface area contributed by atoms with Gasteiger partial charge in [0.1, 0.15) is 5.60 Å². The highest BCUT2D eigenvalue weighted by atomic mass is 16.6. The van der Waals surface area contributed by atoms with Crippen LogP contribution in [0.1, 0.15) is 52.9 Å². The van der Waals surface area contributed by atoms with E-state index >= 15 is 0 Å². The Morgan fingerprint density at radius 1 is 1.19 bits per heavy atom. The van der Waals surface area contributed by atoms with E-state index in [9.17, 15) is 9.59 Å². The molecule has 0 unspecified atom stereocenters. The zero-order chi connectivity index (χ0) is 15.5. The molecule has 2 fully saturated rings. The molecule has 120 valence electrons. The summed E-state index contributed by atoms with van der Waals surface area (Å²) in [5.74, 6) is 0.821. The summed E-state index contributed by atoms with van der Waals surface area (Å²) < 4.78 is 5.40. The van der Waals surface area contributed by atoms with Crippen molar-refractivity contribution in [1.29, 1.82) is 0 Å². The Kier molecular flexibility index (Phi) is 5.12. The van der Waals surface area contributed by atoms with Gasteiger partial charge < -0.3 is 14.5 Å². The van der Waals surface area contributed by atoms with E-state index in [2.05, 4.69) is 0 Å². The molecular weight excluding hydrogens is 268 g/mol. The summed E-state index contributed by atoms with van der Waals surface area (Å²) in [5.41, 5.74) is -0.436. The van der Waals surface area contributed by atoms with Crippen molar-refractivity contribution in [3.63, 3.8) is 0 Å². The van der Waals surface area contributed by atoms with Gasteiger partial charge in [-0.15, -0.1) is 0 Å². The summed E-state index contributed by atoms with van der Waals surface area (Å²) in [5, 5.41) is 0. The zero-order valence-corrected chi connectivity index (χ0v) is 13.6. The van der Waals surface area contributed by atoms with Crippen LogP contribution < -0.4 is 0 Å². The second kappa shape index (κ2) is 6.67. The SMILES string of the molecule is CC(C)(C)OC(=O)N1CCC(CN2CCCCC2=O)CC1. The van der Waals surface area contributed by atoms with Gasteiger partial charge in [-0.3, -0.25) is 4.79 Å². The number of rotatable bonds is 2. The highest BCUT2D eigenvalue weighted by Gasteiger charge is 2.29. The third kappa shape index (κ3) is 4.90. The summed E-state index contributed by atoms with van der Waals surface area (Å²) in [4.78, 5) is 27.6. The topological polar surface area (TPSA) is 49.9 Å². The second-order valence-corrected chi connectivity index (χ2v) is 7.21. The van der Waals surface area contributed by atoms with E-state index in [-0.39, 0.29) is 6.09 Å². The number of carbonyl (C=O) groups excluding carboxylic acids is 2. The largest absolute Gasteiger partial charge is 0.444 e. The van der Waals surface area contributed by atoms with Gasteiger partial charge >= 0.3 is 6.09 Å². The molecule has 0 radical (unpaired) electrons. The van der Waals surface area contributed by atoms with Gasteiger partial charge in [0.05, 0.1) is 0 Å². The molecular formula is C16H28N2O3. The molecule has 2 aliphatic rings. The number of amides is 2. The summed E-state index contributed by atoms with van der Waals surface area (Å²) in [7, 11) is 0.